The Morgan fingerprint density at radius 1 is 0.633 bits per heavy atom. The molecule has 0 saturated carbocycles. The van der Waals surface area contributed by atoms with Crippen LogP contribution in [0.25, 0.3) is 23.3 Å². The molecule has 0 radical (unpaired) electrons. The van der Waals surface area contributed by atoms with Crippen molar-refractivity contribution in [2.75, 3.05) is 26.4 Å². The van der Waals surface area contributed by atoms with E-state index in [-0.39, 0.29) is 0 Å². The topological polar surface area (TPSA) is 112 Å². The van der Waals surface area contributed by atoms with Gasteiger partial charge in [0.15, 0.2) is 12.2 Å². The summed E-state index contributed by atoms with van der Waals surface area (Å²) in [5, 5.41) is 18.6. The molecule has 4 aromatic rings. The smallest absolute Gasteiger partial charge is 0.333 e. The molecule has 0 spiro atoms. The molecule has 5 rings (SSSR count). The van der Waals surface area contributed by atoms with E-state index in [1.807, 2.05) is 60.7 Å². The number of carbonyl (C=O) groups is 2. The average Bonchev–Trinajstić information content (AvgIpc) is 3.46. The third kappa shape index (κ3) is 9.92. The van der Waals surface area contributed by atoms with Gasteiger partial charge >= 0.3 is 11.9 Å². The van der Waals surface area contributed by atoms with E-state index < -0.39 is 24.1 Å². The molecule has 8 nitrogen and oxygen atoms in total. The fourth-order valence-electron chi connectivity index (χ4n) is 5.82. The lowest BCUT2D eigenvalue weighted by molar-refractivity contribution is -0.150. The quantitative estimate of drug-likeness (QED) is 0.0992. The first-order valence-corrected chi connectivity index (χ1v) is 16.5. The Labute approximate surface area is 287 Å². The second-order valence-electron chi connectivity index (χ2n) is 11.7. The van der Waals surface area contributed by atoms with Gasteiger partial charge in [0, 0.05) is 26.1 Å². The van der Waals surface area contributed by atoms with E-state index in [0.717, 1.165) is 40.2 Å². The van der Waals surface area contributed by atoms with Crippen LogP contribution in [0.15, 0.2) is 97.1 Å². The maximum absolute atomic E-state index is 11.3. The largest absolute Gasteiger partial charge is 0.490 e. The van der Waals surface area contributed by atoms with Gasteiger partial charge in [-0.05, 0) is 101 Å². The van der Waals surface area contributed by atoms with Crippen LogP contribution in [-0.4, -0.2) is 60.8 Å². The van der Waals surface area contributed by atoms with Crippen LogP contribution in [0, 0.1) is 0 Å². The first kappa shape index (κ1) is 35.1. The van der Waals surface area contributed by atoms with Crippen LogP contribution in [-0.2, 0) is 38.3 Å². The number of benzene rings is 4. The predicted octanol–water partition coefficient (Wildman–Crippen LogP) is 7.51. The lowest BCUT2D eigenvalue weighted by atomic mass is 10.0. The van der Waals surface area contributed by atoms with Gasteiger partial charge < -0.3 is 29.2 Å². The van der Waals surface area contributed by atoms with Crippen LogP contribution < -0.4 is 9.47 Å². The molecule has 0 amide bonds. The van der Waals surface area contributed by atoms with Crippen molar-refractivity contribution < 1.29 is 38.7 Å². The summed E-state index contributed by atoms with van der Waals surface area (Å²) in [4.78, 5) is 22.7. The standard InChI is InChI=1S/C41H42O8/c1-3-46-38(40(42)43)25-30-9-15-34(16-10-30)48-21-5-7-28-13-19-36-32(23-28)27-33-24-29(14-20-37(33)36)8-6-22-49-35-17-11-31(12-18-35)26-39(41(44)45)47-4-2/h5-20,23-24,38-39H,3-4,21-22,25-27H2,1-2H3,(H,42,43)(H,44,45)/b7-5-,8-6+. The van der Waals surface area contributed by atoms with E-state index in [4.69, 9.17) is 18.9 Å². The Balaban J connectivity index is 1.08. The van der Waals surface area contributed by atoms with Crippen LogP contribution in [0.3, 0.4) is 0 Å². The molecule has 4 aromatic carbocycles. The van der Waals surface area contributed by atoms with Crippen LogP contribution in [0.2, 0.25) is 0 Å². The summed E-state index contributed by atoms with van der Waals surface area (Å²) < 4.78 is 22.3. The molecule has 2 N–H and O–H groups in total. The minimum atomic E-state index is -0.961. The molecule has 2 unspecified atom stereocenters. The third-order valence-electron chi connectivity index (χ3n) is 8.22. The summed E-state index contributed by atoms with van der Waals surface area (Å²) in [5.41, 5.74) is 9.10. The van der Waals surface area contributed by atoms with Crippen molar-refractivity contribution in [1.82, 2.24) is 0 Å². The molecular weight excluding hydrogens is 620 g/mol. The Hall–Kier alpha value is -5.18. The van der Waals surface area contributed by atoms with E-state index in [2.05, 4.69) is 48.6 Å². The van der Waals surface area contributed by atoms with Gasteiger partial charge in [0.1, 0.15) is 24.7 Å². The van der Waals surface area contributed by atoms with Gasteiger partial charge in [-0.25, -0.2) is 9.59 Å². The fraction of sp³-hybridized carbons (Fsp3) is 0.268. The monoisotopic (exact) mass is 662 g/mol. The van der Waals surface area contributed by atoms with Gasteiger partial charge in [0.05, 0.1) is 0 Å². The lowest BCUT2D eigenvalue weighted by Crippen LogP contribution is -2.26. The van der Waals surface area contributed by atoms with Crippen molar-refractivity contribution >= 4 is 24.1 Å². The normalized spacial score (nSPS) is 13.3. The van der Waals surface area contributed by atoms with E-state index >= 15 is 0 Å². The highest BCUT2D eigenvalue weighted by molar-refractivity contribution is 5.79. The number of hydrogen-bond acceptors (Lipinski definition) is 6. The molecular formula is C41H42O8. The van der Waals surface area contributed by atoms with Gasteiger partial charge in [0.2, 0.25) is 0 Å². The molecule has 49 heavy (non-hydrogen) atoms. The molecule has 1 aliphatic rings. The number of ether oxygens (including phenoxy) is 4. The highest BCUT2D eigenvalue weighted by atomic mass is 16.5. The first-order chi connectivity index (χ1) is 23.8. The summed E-state index contributed by atoms with van der Waals surface area (Å²) in [6, 6.07) is 27.9. The van der Waals surface area contributed by atoms with Gasteiger partial charge in [-0.1, -0.05) is 72.8 Å². The minimum Gasteiger partial charge on any atom is -0.490 e. The Bertz CT molecular complexity index is 1640. The van der Waals surface area contributed by atoms with E-state index in [0.29, 0.717) is 39.3 Å². The van der Waals surface area contributed by atoms with Crippen LogP contribution in [0.5, 0.6) is 11.5 Å². The molecule has 0 saturated heterocycles. The summed E-state index contributed by atoms with van der Waals surface area (Å²) >= 11 is 0. The molecule has 0 aliphatic heterocycles. The van der Waals surface area contributed by atoms with Gasteiger partial charge in [-0.15, -0.1) is 0 Å². The lowest BCUT2D eigenvalue weighted by Gasteiger charge is -2.12. The van der Waals surface area contributed by atoms with Crippen LogP contribution in [0.4, 0.5) is 0 Å². The van der Waals surface area contributed by atoms with E-state index in [1.165, 1.54) is 22.3 Å². The van der Waals surface area contributed by atoms with Crippen molar-refractivity contribution in [1.29, 1.82) is 0 Å². The van der Waals surface area contributed by atoms with Gasteiger partial charge in [-0.2, -0.15) is 0 Å². The summed E-state index contributed by atoms with van der Waals surface area (Å²) in [5.74, 6) is -0.482. The highest BCUT2D eigenvalue weighted by Gasteiger charge is 2.20. The number of aliphatic carboxylic acids is 2. The molecule has 0 aromatic heterocycles. The van der Waals surface area contributed by atoms with E-state index in [9.17, 15) is 19.8 Å². The fourth-order valence-corrected chi connectivity index (χ4v) is 5.82. The predicted molar refractivity (Wildman–Crippen MR) is 190 cm³/mol. The maximum atomic E-state index is 11.3. The van der Waals surface area contributed by atoms with Gasteiger partial charge in [0.25, 0.3) is 0 Å². The zero-order chi connectivity index (χ0) is 34.6. The van der Waals surface area contributed by atoms with Crippen LogP contribution in [0.1, 0.15) is 47.2 Å². The number of rotatable bonds is 18. The van der Waals surface area contributed by atoms with Crippen molar-refractivity contribution in [3.05, 3.63) is 130 Å². The molecule has 0 heterocycles. The van der Waals surface area contributed by atoms with Crippen molar-refractivity contribution in [3.63, 3.8) is 0 Å². The summed E-state index contributed by atoms with van der Waals surface area (Å²) in [7, 11) is 0. The molecule has 254 valence electrons. The second kappa shape index (κ2) is 17.3. The first-order valence-electron chi connectivity index (χ1n) is 16.5. The Morgan fingerprint density at radius 2 is 1.04 bits per heavy atom. The summed E-state index contributed by atoms with van der Waals surface area (Å²) in [6.07, 6.45) is 7.90. The van der Waals surface area contributed by atoms with Crippen molar-refractivity contribution in [3.8, 4) is 22.6 Å². The Kier molecular flexibility index (Phi) is 12.4. The zero-order valence-electron chi connectivity index (χ0n) is 27.8. The van der Waals surface area contributed by atoms with Crippen LogP contribution >= 0.6 is 0 Å². The minimum absolute atomic E-state index is 0.311. The molecule has 0 fully saturated rings. The molecule has 0 bridgehead atoms. The average molecular weight is 663 g/mol. The number of carboxylic acids is 2. The molecule has 1 aliphatic carbocycles. The number of hydrogen-bond donors (Lipinski definition) is 2. The Morgan fingerprint density at radius 3 is 1.41 bits per heavy atom. The highest BCUT2D eigenvalue weighted by Crippen LogP contribution is 2.38. The SMILES string of the molecule is CCOC(Cc1ccc(OC/C=C\c2ccc3c(c2)Cc2cc(/C=C/COc4ccc(CC(OCC)C(=O)O)cc4)ccc2-3)cc1)C(=O)O. The van der Waals surface area contributed by atoms with Gasteiger partial charge in [-0.3, -0.25) is 0 Å². The third-order valence-corrected chi connectivity index (χ3v) is 8.22. The van der Waals surface area contributed by atoms with Crippen molar-refractivity contribution in [2.24, 2.45) is 0 Å². The number of carboxylic acid groups (broad SMARTS) is 2. The second-order valence-corrected chi connectivity index (χ2v) is 11.7. The number of fused-ring (bicyclic) bond motifs is 3. The molecule has 2 atom stereocenters. The molecule has 8 heteroatoms. The zero-order valence-corrected chi connectivity index (χ0v) is 27.8. The van der Waals surface area contributed by atoms with E-state index in [1.54, 1.807) is 13.8 Å². The van der Waals surface area contributed by atoms with Crippen molar-refractivity contribution in [2.45, 2.75) is 45.3 Å². The summed E-state index contributed by atoms with van der Waals surface area (Å²) in [6.45, 7) is 5.11. The maximum Gasteiger partial charge on any atom is 0.333 e.